The third kappa shape index (κ3) is 6.63. The summed E-state index contributed by atoms with van der Waals surface area (Å²) in [6, 6.07) is 19.7. The zero-order valence-corrected chi connectivity index (χ0v) is 23.2. The van der Waals surface area contributed by atoms with E-state index >= 15 is 0 Å². The highest BCUT2D eigenvalue weighted by Crippen LogP contribution is 2.41. The Kier molecular flexibility index (Phi) is 9.31. The number of unbranched alkanes of at least 4 members (excludes halogenated alkanes) is 2. The van der Waals surface area contributed by atoms with Crippen LogP contribution in [0.1, 0.15) is 39.5 Å². The lowest BCUT2D eigenvalue weighted by Gasteiger charge is -2.16. The molecule has 3 aromatic carbocycles. The van der Waals surface area contributed by atoms with Crippen LogP contribution in [0.3, 0.4) is 0 Å². The first-order chi connectivity index (χ1) is 18.9. The summed E-state index contributed by atoms with van der Waals surface area (Å²) in [5.41, 5.74) is 3.51. The molecule has 0 aliphatic heterocycles. The second-order valence-corrected chi connectivity index (χ2v) is 9.37. The average Bonchev–Trinajstić information content (AvgIpc) is 3.33. The van der Waals surface area contributed by atoms with Gasteiger partial charge in [0.05, 0.1) is 50.8 Å². The van der Waals surface area contributed by atoms with Crippen molar-refractivity contribution in [1.82, 2.24) is 9.55 Å². The van der Waals surface area contributed by atoms with Gasteiger partial charge < -0.3 is 23.7 Å². The molecule has 0 saturated heterocycles. The molecule has 8 heteroatoms. The normalized spacial score (nSPS) is 11.0. The molecule has 0 spiro atoms. The molecule has 0 N–H and O–H groups in total. The Morgan fingerprint density at radius 1 is 0.872 bits per heavy atom. The van der Waals surface area contributed by atoms with Gasteiger partial charge in [-0.25, -0.2) is 4.98 Å². The van der Waals surface area contributed by atoms with Gasteiger partial charge in [0.2, 0.25) is 5.75 Å². The number of hydrogen-bond donors (Lipinski definition) is 0. The molecule has 0 radical (unpaired) electrons. The Morgan fingerprint density at radius 2 is 1.59 bits per heavy atom. The number of esters is 1. The lowest BCUT2D eigenvalue weighted by molar-refractivity contribution is -0.147. The number of imidazole rings is 1. The smallest absolute Gasteiger partial charge is 0.306 e. The molecule has 1 aromatic heterocycles. The third-order valence-corrected chi connectivity index (χ3v) is 6.23. The summed E-state index contributed by atoms with van der Waals surface area (Å²) in [6.07, 6.45) is 2.86. The molecule has 1 heterocycles. The van der Waals surface area contributed by atoms with Crippen molar-refractivity contribution in [3.8, 4) is 40.1 Å². The summed E-state index contributed by atoms with van der Waals surface area (Å²) < 4.78 is 30.1. The minimum absolute atomic E-state index is 0.0771. The zero-order valence-electron chi connectivity index (χ0n) is 23.2. The molecule has 4 aromatic rings. The molecule has 4 rings (SSSR count). The summed E-state index contributed by atoms with van der Waals surface area (Å²) >= 11 is 0. The average molecular weight is 533 g/mol. The predicted molar refractivity (Wildman–Crippen MR) is 151 cm³/mol. The van der Waals surface area contributed by atoms with Crippen LogP contribution in [0.15, 0.2) is 60.7 Å². The number of benzene rings is 3. The standard InChI is InChI=1S/C31H36N2O6/c1-21(2)39-29(34)14-10-7-11-17-38-24-15-16-25-26(20-24)33(31(32-25)22-12-8-6-9-13-22)23-18-27(35-3)30(37-5)28(19-23)36-4/h6,8-9,12-13,15-16,18-21H,7,10-11,14,17H2,1-5H3. The van der Waals surface area contributed by atoms with E-state index in [1.165, 1.54) is 0 Å². The summed E-state index contributed by atoms with van der Waals surface area (Å²) in [5, 5.41) is 0. The Hall–Kier alpha value is -4.20. The fourth-order valence-electron chi connectivity index (χ4n) is 4.44. The van der Waals surface area contributed by atoms with Crippen molar-refractivity contribution >= 4 is 17.0 Å². The Bertz CT molecular complexity index is 1370. The van der Waals surface area contributed by atoms with E-state index in [1.54, 1.807) is 21.3 Å². The van der Waals surface area contributed by atoms with Crippen molar-refractivity contribution in [3.05, 3.63) is 60.7 Å². The van der Waals surface area contributed by atoms with E-state index < -0.39 is 0 Å². The van der Waals surface area contributed by atoms with Crippen molar-refractivity contribution in [1.29, 1.82) is 0 Å². The van der Waals surface area contributed by atoms with E-state index in [2.05, 4.69) is 4.57 Å². The van der Waals surface area contributed by atoms with Crippen LogP contribution in [-0.4, -0.2) is 49.6 Å². The van der Waals surface area contributed by atoms with Gasteiger partial charge in [0.25, 0.3) is 0 Å². The minimum Gasteiger partial charge on any atom is -0.494 e. The van der Waals surface area contributed by atoms with E-state index in [9.17, 15) is 4.79 Å². The molecule has 0 aliphatic carbocycles. The maximum Gasteiger partial charge on any atom is 0.306 e. The summed E-state index contributed by atoms with van der Waals surface area (Å²) in [6.45, 7) is 4.27. The molecule has 0 bridgehead atoms. The number of hydrogen-bond acceptors (Lipinski definition) is 7. The van der Waals surface area contributed by atoms with Gasteiger partial charge in [-0.15, -0.1) is 0 Å². The van der Waals surface area contributed by atoms with Gasteiger partial charge in [-0.1, -0.05) is 30.3 Å². The highest BCUT2D eigenvalue weighted by Gasteiger charge is 2.20. The van der Waals surface area contributed by atoms with Gasteiger partial charge in [0, 0.05) is 30.2 Å². The number of carbonyl (C=O) groups excluding carboxylic acids is 1. The maximum absolute atomic E-state index is 11.7. The van der Waals surface area contributed by atoms with Crippen LogP contribution in [0.25, 0.3) is 28.1 Å². The number of aromatic nitrogens is 2. The van der Waals surface area contributed by atoms with Crippen molar-refractivity contribution in [2.45, 2.75) is 45.6 Å². The van der Waals surface area contributed by atoms with Crippen molar-refractivity contribution in [3.63, 3.8) is 0 Å². The van der Waals surface area contributed by atoms with Crippen molar-refractivity contribution in [2.24, 2.45) is 0 Å². The Morgan fingerprint density at radius 3 is 2.23 bits per heavy atom. The predicted octanol–water partition coefficient (Wildman–Crippen LogP) is 6.61. The topological polar surface area (TPSA) is 81.0 Å². The molecular weight excluding hydrogens is 496 g/mol. The second-order valence-electron chi connectivity index (χ2n) is 9.37. The van der Waals surface area contributed by atoms with Gasteiger partial charge in [-0.3, -0.25) is 9.36 Å². The van der Waals surface area contributed by atoms with E-state index in [4.69, 9.17) is 28.7 Å². The number of nitrogens with zero attached hydrogens (tertiary/aromatic N) is 2. The minimum atomic E-state index is -0.148. The van der Waals surface area contributed by atoms with Crippen LogP contribution in [-0.2, 0) is 9.53 Å². The zero-order chi connectivity index (χ0) is 27.8. The number of ether oxygens (including phenoxy) is 5. The monoisotopic (exact) mass is 532 g/mol. The second kappa shape index (κ2) is 13.0. The molecule has 0 aliphatic rings. The van der Waals surface area contributed by atoms with Crippen LogP contribution < -0.4 is 18.9 Å². The lowest BCUT2D eigenvalue weighted by atomic mass is 10.2. The molecular formula is C31H36N2O6. The molecule has 0 unspecified atom stereocenters. The van der Waals surface area contributed by atoms with Crippen molar-refractivity contribution in [2.75, 3.05) is 27.9 Å². The van der Waals surface area contributed by atoms with E-state index in [-0.39, 0.29) is 12.1 Å². The lowest BCUT2D eigenvalue weighted by Crippen LogP contribution is -2.11. The van der Waals surface area contributed by atoms with Crippen LogP contribution >= 0.6 is 0 Å². The summed E-state index contributed by atoms with van der Waals surface area (Å²) in [4.78, 5) is 16.7. The van der Waals surface area contributed by atoms with Crippen LogP contribution in [0, 0.1) is 0 Å². The van der Waals surface area contributed by atoms with Crippen LogP contribution in [0.2, 0.25) is 0 Å². The highest BCUT2D eigenvalue weighted by atomic mass is 16.5. The van der Waals surface area contributed by atoms with Gasteiger partial charge in [0.15, 0.2) is 11.5 Å². The Labute approximate surface area is 229 Å². The molecule has 0 atom stereocenters. The number of fused-ring (bicyclic) bond motifs is 1. The third-order valence-electron chi connectivity index (χ3n) is 6.23. The van der Waals surface area contributed by atoms with Crippen LogP contribution in [0.5, 0.6) is 23.0 Å². The first-order valence-electron chi connectivity index (χ1n) is 13.2. The molecule has 206 valence electrons. The quantitative estimate of drug-likeness (QED) is 0.142. The highest BCUT2D eigenvalue weighted by molar-refractivity contribution is 5.85. The van der Waals surface area contributed by atoms with Gasteiger partial charge in [-0.05, 0) is 45.2 Å². The first-order valence-corrected chi connectivity index (χ1v) is 13.2. The molecule has 8 nitrogen and oxygen atoms in total. The number of carbonyl (C=O) groups is 1. The maximum atomic E-state index is 11.7. The van der Waals surface area contributed by atoms with Gasteiger partial charge in [-0.2, -0.15) is 0 Å². The van der Waals surface area contributed by atoms with Gasteiger partial charge >= 0.3 is 5.97 Å². The van der Waals surface area contributed by atoms with Gasteiger partial charge in [0.1, 0.15) is 11.6 Å². The molecule has 0 saturated carbocycles. The molecule has 39 heavy (non-hydrogen) atoms. The fourth-order valence-corrected chi connectivity index (χ4v) is 4.44. The first kappa shape index (κ1) is 27.8. The molecule has 0 fully saturated rings. The Balaban J connectivity index is 1.62. The van der Waals surface area contributed by atoms with Crippen molar-refractivity contribution < 1.29 is 28.5 Å². The largest absolute Gasteiger partial charge is 0.494 e. The summed E-state index contributed by atoms with van der Waals surface area (Å²) in [7, 11) is 4.79. The fraction of sp³-hybridized carbons (Fsp3) is 0.355. The number of methoxy groups -OCH3 is 3. The summed E-state index contributed by atoms with van der Waals surface area (Å²) in [5.74, 6) is 3.01. The van der Waals surface area contributed by atoms with E-state index in [0.29, 0.717) is 30.3 Å². The van der Waals surface area contributed by atoms with E-state index in [0.717, 1.165) is 53.1 Å². The molecule has 0 amide bonds. The van der Waals surface area contributed by atoms with Crippen LogP contribution in [0.4, 0.5) is 0 Å². The van der Waals surface area contributed by atoms with E-state index in [1.807, 2.05) is 74.5 Å². The SMILES string of the molecule is COc1cc(-n2c(-c3ccccc3)nc3ccc(OCCCCCC(=O)OC(C)C)cc32)cc(OC)c1OC. The number of rotatable bonds is 13.